The van der Waals surface area contributed by atoms with Gasteiger partial charge in [0.15, 0.2) is 0 Å². The molecule has 2 N–H and O–H groups in total. The quantitative estimate of drug-likeness (QED) is 0.402. The van der Waals surface area contributed by atoms with E-state index in [1.54, 1.807) is 13.8 Å². The molecular formula is C4H12AlCl3O2. The van der Waals surface area contributed by atoms with Crippen LogP contribution in [-0.2, 0) is 0 Å². The van der Waals surface area contributed by atoms with E-state index in [9.17, 15) is 0 Å². The van der Waals surface area contributed by atoms with Crippen molar-refractivity contribution in [1.29, 1.82) is 0 Å². The summed E-state index contributed by atoms with van der Waals surface area (Å²) in [6, 6.07) is 0. The Labute approximate surface area is 91.8 Å². The van der Waals surface area contributed by atoms with Crippen LogP contribution in [0.15, 0.2) is 0 Å². The molecule has 0 fully saturated rings. The van der Waals surface area contributed by atoms with Gasteiger partial charge in [0.2, 0.25) is 0 Å². The van der Waals surface area contributed by atoms with Crippen LogP contribution in [0.2, 0.25) is 0 Å². The van der Waals surface area contributed by atoms with Gasteiger partial charge in [0.05, 0.1) is 0 Å². The molecule has 0 amide bonds. The van der Waals surface area contributed by atoms with Gasteiger partial charge in [-0.3, -0.25) is 0 Å². The van der Waals surface area contributed by atoms with Crippen LogP contribution in [0.5, 0.6) is 0 Å². The summed E-state index contributed by atoms with van der Waals surface area (Å²) in [5.74, 6) is 0. The van der Waals surface area contributed by atoms with Crippen molar-refractivity contribution in [3.63, 3.8) is 0 Å². The van der Waals surface area contributed by atoms with Gasteiger partial charge in [0, 0.05) is 13.2 Å². The summed E-state index contributed by atoms with van der Waals surface area (Å²) in [6.45, 7) is 3.86. The van der Waals surface area contributed by atoms with E-state index in [0.29, 0.717) is 0 Å². The van der Waals surface area contributed by atoms with Gasteiger partial charge in [0.25, 0.3) is 0 Å². The monoisotopic (exact) mass is 224 g/mol. The van der Waals surface area contributed by atoms with Gasteiger partial charge in [-0.25, -0.2) is 0 Å². The number of rotatable bonds is 0. The van der Waals surface area contributed by atoms with Crippen LogP contribution in [0, 0.1) is 0 Å². The van der Waals surface area contributed by atoms with E-state index in [2.05, 4.69) is 0 Å². The second-order valence-corrected chi connectivity index (χ2v) is 0.632. The van der Waals surface area contributed by atoms with Crippen molar-refractivity contribution in [2.45, 2.75) is 13.8 Å². The Balaban J connectivity index is -0.00000000571. The van der Waals surface area contributed by atoms with E-state index in [-0.39, 0.29) is 67.8 Å². The average molecular weight is 225 g/mol. The maximum atomic E-state index is 7.57. The topological polar surface area (TPSA) is 40.5 Å². The number of aliphatic hydroxyl groups excluding tert-OH is 2. The fourth-order valence-corrected chi connectivity index (χ4v) is 0. The predicted molar refractivity (Wildman–Crippen MR) is 31.3 cm³/mol. The Morgan fingerprint density at radius 3 is 0.800 bits per heavy atom. The third kappa shape index (κ3) is 369. The van der Waals surface area contributed by atoms with Crippen molar-refractivity contribution < 1.29 is 47.4 Å². The van der Waals surface area contributed by atoms with Crippen molar-refractivity contribution in [2.75, 3.05) is 13.2 Å². The number of halogens is 3. The molecule has 0 heterocycles. The molecule has 0 bridgehead atoms. The van der Waals surface area contributed by atoms with E-state index in [1.807, 2.05) is 0 Å². The zero-order valence-corrected chi connectivity index (χ0v) is 9.44. The molecule has 0 atom stereocenters. The van der Waals surface area contributed by atoms with Gasteiger partial charge in [-0.15, -0.1) is 0 Å². The fraction of sp³-hybridized carbons (Fsp3) is 1.00. The third-order valence-corrected chi connectivity index (χ3v) is 0. The summed E-state index contributed by atoms with van der Waals surface area (Å²) in [4.78, 5) is 0. The van der Waals surface area contributed by atoms with Crippen molar-refractivity contribution >= 4 is 17.4 Å². The molecule has 0 aromatic rings. The summed E-state index contributed by atoms with van der Waals surface area (Å²) in [6.07, 6.45) is 0. The van der Waals surface area contributed by atoms with Gasteiger partial charge >= 0.3 is 17.4 Å². The van der Waals surface area contributed by atoms with Crippen molar-refractivity contribution in [3.05, 3.63) is 0 Å². The molecular weight excluding hydrogens is 213 g/mol. The van der Waals surface area contributed by atoms with Gasteiger partial charge < -0.3 is 47.4 Å². The Kier molecular flexibility index (Phi) is 346. The molecule has 0 aromatic heterocycles. The summed E-state index contributed by atoms with van der Waals surface area (Å²) in [5, 5.41) is 15.1. The number of hydrogen-bond acceptors (Lipinski definition) is 2. The molecule has 0 saturated carbocycles. The molecule has 6 heteroatoms. The van der Waals surface area contributed by atoms with Crippen LogP contribution in [-0.4, -0.2) is 40.8 Å². The molecule has 0 aliphatic heterocycles. The van der Waals surface area contributed by atoms with Gasteiger partial charge in [-0.05, 0) is 13.8 Å². The molecule has 0 aliphatic carbocycles. The standard InChI is InChI=1S/2C2H6O.Al.3ClH/c2*1-2-3;;;;/h2*3H,2H2,1H3;;3*1H/q;;+3;;;/p-3. The van der Waals surface area contributed by atoms with Crippen LogP contribution >= 0.6 is 0 Å². The SMILES string of the molecule is CCO.CCO.[Al+3].[Cl-].[Cl-].[Cl-]. The Morgan fingerprint density at radius 1 is 0.800 bits per heavy atom. The normalized spacial score (nSPS) is 3.60. The molecule has 0 unspecified atom stereocenters. The first kappa shape index (κ1) is 42.6. The van der Waals surface area contributed by atoms with E-state index < -0.39 is 0 Å². The van der Waals surface area contributed by atoms with E-state index in [4.69, 9.17) is 10.2 Å². The average Bonchev–Trinajstić information content (AvgIpc) is 1.39. The van der Waals surface area contributed by atoms with Crippen LogP contribution in [0.25, 0.3) is 0 Å². The molecule has 64 valence electrons. The van der Waals surface area contributed by atoms with Crippen LogP contribution in [0.1, 0.15) is 13.8 Å². The van der Waals surface area contributed by atoms with Crippen molar-refractivity contribution in [3.8, 4) is 0 Å². The molecule has 0 spiro atoms. The van der Waals surface area contributed by atoms with Gasteiger partial charge in [-0.2, -0.15) is 0 Å². The zero-order chi connectivity index (χ0) is 5.41. The molecule has 0 saturated heterocycles. The first-order chi connectivity index (χ1) is 2.83. The minimum atomic E-state index is 0. The van der Waals surface area contributed by atoms with Gasteiger partial charge in [0.1, 0.15) is 0 Å². The second kappa shape index (κ2) is 81.3. The van der Waals surface area contributed by atoms with Gasteiger partial charge in [-0.1, -0.05) is 0 Å². The summed E-state index contributed by atoms with van der Waals surface area (Å²) >= 11 is 0. The first-order valence-electron chi connectivity index (χ1n) is 2.05. The Hall–Kier alpha value is 1.32. The van der Waals surface area contributed by atoms with Crippen molar-refractivity contribution in [2.24, 2.45) is 0 Å². The van der Waals surface area contributed by atoms with E-state index in [0.717, 1.165) is 0 Å². The summed E-state index contributed by atoms with van der Waals surface area (Å²) in [5.41, 5.74) is 0. The number of hydrogen-bond donors (Lipinski definition) is 2. The van der Waals surface area contributed by atoms with Crippen LogP contribution in [0.4, 0.5) is 0 Å². The Bertz CT molecular complexity index is 20.5. The van der Waals surface area contributed by atoms with E-state index >= 15 is 0 Å². The molecule has 0 aromatic carbocycles. The molecule has 0 radical (unpaired) electrons. The maximum Gasteiger partial charge on any atom is 3.00 e. The molecule has 0 aliphatic rings. The zero-order valence-electron chi connectivity index (χ0n) is 6.02. The number of aliphatic hydroxyl groups is 2. The van der Waals surface area contributed by atoms with Crippen LogP contribution in [0.3, 0.4) is 0 Å². The molecule has 10 heavy (non-hydrogen) atoms. The smallest absolute Gasteiger partial charge is 1.00 e. The third-order valence-electron chi connectivity index (χ3n) is 0. The predicted octanol–water partition coefficient (Wildman–Crippen LogP) is -9.37. The fourth-order valence-electron chi connectivity index (χ4n) is 0. The molecule has 0 rings (SSSR count). The minimum Gasteiger partial charge on any atom is -1.00 e. The van der Waals surface area contributed by atoms with Crippen LogP contribution < -0.4 is 37.2 Å². The molecule has 2 nitrogen and oxygen atoms in total. The first-order valence-corrected chi connectivity index (χ1v) is 2.05. The second-order valence-electron chi connectivity index (χ2n) is 0.632. The maximum absolute atomic E-state index is 7.57. The largest absolute Gasteiger partial charge is 3.00 e. The van der Waals surface area contributed by atoms with Crippen molar-refractivity contribution in [1.82, 2.24) is 0 Å². The summed E-state index contributed by atoms with van der Waals surface area (Å²) in [7, 11) is 0. The van der Waals surface area contributed by atoms with E-state index in [1.165, 1.54) is 0 Å². The Morgan fingerprint density at radius 2 is 0.800 bits per heavy atom. The summed E-state index contributed by atoms with van der Waals surface area (Å²) < 4.78 is 0. The minimum absolute atomic E-state index is 0.